The van der Waals surface area contributed by atoms with Crippen molar-refractivity contribution in [3.05, 3.63) is 66.1 Å². The highest BCUT2D eigenvalue weighted by Crippen LogP contribution is 2.25. The molecule has 5 nitrogen and oxygen atoms in total. The first-order chi connectivity index (χ1) is 10.7. The second-order valence-corrected chi connectivity index (χ2v) is 4.85. The van der Waals surface area contributed by atoms with E-state index in [4.69, 9.17) is 22.1 Å². The van der Waals surface area contributed by atoms with Gasteiger partial charge in [-0.3, -0.25) is 0 Å². The van der Waals surface area contributed by atoms with Crippen molar-refractivity contribution < 1.29 is 4.74 Å². The summed E-state index contributed by atoms with van der Waals surface area (Å²) in [5.41, 5.74) is 7.04. The van der Waals surface area contributed by atoms with Crippen molar-refractivity contribution in [3.8, 4) is 11.5 Å². The Morgan fingerprint density at radius 3 is 2.36 bits per heavy atom. The first-order valence-corrected chi connectivity index (χ1v) is 6.96. The van der Waals surface area contributed by atoms with Crippen LogP contribution < -0.4 is 15.8 Å². The average molecular weight is 313 g/mol. The Hall–Kier alpha value is -2.79. The fraction of sp³-hybridized carbons (Fsp3) is 0. The van der Waals surface area contributed by atoms with Crippen molar-refractivity contribution in [1.82, 2.24) is 9.97 Å². The van der Waals surface area contributed by atoms with Crippen LogP contribution in [0.5, 0.6) is 11.5 Å². The minimum atomic E-state index is 0.140. The molecule has 6 heteroatoms. The molecular weight excluding hydrogens is 300 g/mol. The molecule has 2 aromatic carbocycles. The van der Waals surface area contributed by atoms with Crippen LogP contribution in [-0.2, 0) is 0 Å². The van der Waals surface area contributed by atoms with Crippen molar-refractivity contribution in [2.75, 3.05) is 11.1 Å². The Kier molecular flexibility index (Phi) is 4.07. The lowest BCUT2D eigenvalue weighted by Gasteiger charge is -2.09. The minimum Gasteiger partial charge on any atom is -0.457 e. The fourth-order valence-corrected chi connectivity index (χ4v) is 1.97. The Morgan fingerprint density at radius 1 is 0.955 bits per heavy atom. The van der Waals surface area contributed by atoms with E-state index in [1.165, 1.54) is 6.20 Å². The number of anilines is 3. The first kappa shape index (κ1) is 14.2. The van der Waals surface area contributed by atoms with Crippen LogP contribution in [-0.4, -0.2) is 9.97 Å². The van der Waals surface area contributed by atoms with Gasteiger partial charge in [0.15, 0.2) is 5.82 Å². The predicted octanol–water partition coefficient (Wildman–Crippen LogP) is 4.25. The SMILES string of the molecule is Nc1cnc(Cl)nc1Nc1ccc(Oc2ccccc2)cc1. The lowest BCUT2D eigenvalue weighted by molar-refractivity contribution is 0.483. The van der Waals surface area contributed by atoms with Crippen LogP contribution in [0.25, 0.3) is 0 Å². The number of nitrogen functional groups attached to an aromatic ring is 1. The number of benzene rings is 2. The van der Waals surface area contributed by atoms with Gasteiger partial charge >= 0.3 is 0 Å². The quantitative estimate of drug-likeness (QED) is 0.705. The van der Waals surface area contributed by atoms with Crippen molar-refractivity contribution >= 4 is 28.8 Å². The number of aromatic nitrogens is 2. The second kappa shape index (κ2) is 6.32. The third-order valence-corrected chi connectivity index (χ3v) is 3.07. The Morgan fingerprint density at radius 2 is 1.64 bits per heavy atom. The predicted molar refractivity (Wildman–Crippen MR) is 87.7 cm³/mol. The van der Waals surface area contributed by atoms with E-state index in [1.807, 2.05) is 54.6 Å². The minimum absolute atomic E-state index is 0.140. The Labute approximate surface area is 132 Å². The Balaban J connectivity index is 1.73. The third-order valence-electron chi connectivity index (χ3n) is 2.88. The number of nitrogens with two attached hydrogens (primary N) is 1. The largest absolute Gasteiger partial charge is 0.457 e. The van der Waals surface area contributed by atoms with Gasteiger partial charge < -0.3 is 15.8 Å². The topological polar surface area (TPSA) is 73.1 Å². The summed E-state index contributed by atoms with van der Waals surface area (Å²) in [5, 5.41) is 3.23. The highest BCUT2D eigenvalue weighted by Gasteiger charge is 2.04. The third kappa shape index (κ3) is 3.45. The molecule has 0 unspecified atom stereocenters. The molecule has 22 heavy (non-hydrogen) atoms. The highest BCUT2D eigenvalue weighted by atomic mass is 35.5. The van der Waals surface area contributed by atoms with Gasteiger partial charge in [0.1, 0.15) is 11.5 Å². The molecule has 0 saturated carbocycles. The molecule has 0 aliphatic carbocycles. The van der Waals surface area contributed by atoms with Gasteiger partial charge in [-0.05, 0) is 48.0 Å². The molecule has 0 fully saturated rings. The van der Waals surface area contributed by atoms with Crippen LogP contribution in [0.2, 0.25) is 5.28 Å². The molecule has 110 valence electrons. The molecule has 0 atom stereocenters. The van der Waals surface area contributed by atoms with E-state index in [9.17, 15) is 0 Å². The molecule has 3 N–H and O–H groups in total. The molecule has 0 aliphatic heterocycles. The molecular formula is C16H13ClN4O. The van der Waals surface area contributed by atoms with Crippen LogP contribution in [0.3, 0.4) is 0 Å². The van der Waals surface area contributed by atoms with E-state index in [2.05, 4.69) is 15.3 Å². The summed E-state index contributed by atoms with van der Waals surface area (Å²) in [5.74, 6) is 2.00. The van der Waals surface area contributed by atoms with Crippen LogP contribution in [0.1, 0.15) is 0 Å². The monoisotopic (exact) mass is 312 g/mol. The summed E-state index contributed by atoms with van der Waals surface area (Å²) in [6.07, 6.45) is 1.46. The summed E-state index contributed by atoms with van der Waals surface area (Å²) in [6, 6.07) is 17.0. The summed E-state index contributed by atoms with van der Waals surface area (Å²) in [7, 11) is 0. The molecule has 3 aromatic rings. The molecule has 3 rings (SSSR count). The van der Waals surface area contributed by atoms with Crippen molar-refractivity contribution in [3.63, 3.8) is 0 Å². The zero-order chi connectivity index (χ0) is 15.4. The molecule has 0 aliphatic rings. The number of hydrogen-bond acceptors (Lipinski definition) is 5. The number of ether oxygens (including phenoxy) is 1. The number of nitrogens with zero attached hydrogens (tertiary/aromatic N) is 2. The van der Waals surface area contributed by atoms with Crippen LogP contribution in [0.15, 0.2) is 60.8 Å². The number of para-hydroxylation sites is 1. The van der Waals surface area contributed by atoms with E-state index >= 15 is 0 Å². The maximum Gasteiger partial charge on any atom is 0.224 e. The second-order valence-electron chi connectivity index (χ2n) is 4.51. The van der Waals surface area contributed by atoms with Gasteiger partial charge in [0.2, 0.25) is 5.28 Å². The standard InChI is InChI=1S/C16H13ClN4O/c17-16-19-10-14(18)15(21-16)20-11-6-8-13(9-7-11)22-12-4-2-1-3-5-12/h1-10H,18H2,(H,19,20,21). The summed E-state index contributed by atoms with van der Waals surface area (Å²) in [6.45, 7) is 0. The summed E-state index contributed by atoms with van der Waals surface area (Å²) in [4.78, 5) is 7.86. The lowest BCUT2D eigenvalue weighted by atomic mass is 10.3. The Bertz CT molecular complexity index is 763. The molecule has 0 saturated heterocycles. The summed E-state index contributed by atoms with van der Waals surface area (Å²) >= 11 is 5.76. The van der Waals surface area contributed by atoms with Gasteiger partial charge in [-0.2, -0.15) is 4.98 Å². The average Bonchev–Trinajstić information content (AvgIpc) is 2.54. The van der Waals surface area contributed by atoms with Crippen LogP contribution >= 0.6 is 11.6 Å². The van der Waals surface area contributed by atoms with Gasteiger partial charge in [-0.1, -0.05) is 18.2 Å². The number of nitrogens with one attached hydrogen (secondary N) is 1. The van der Waals surface area contributed by atoms with Gasteiger partial charge in [0.05, 0.1) is 11.9 Å². The van der Waals surface area contributed by atoms with Crippen molar-refractivity contribution in [2.45, 2.75) is 0 Å². The zero-order valence-corrected chi connectivity index (χ0v) is 12.3. The molecule has 0 bridgehead atoms. The normalized spacial score (nSPS) is 10.2. The number of rotatable bonds is 4. The highest BCUT2D eigenvalue weighted by molar-refractivity contribution is 6.28. The summed E-state index contributed by atoms with van der Waals surface area (Å²) < 4.78 is 5.73. The van der Waals surface area contributed by atoms with Gasteiger partial charge in [-0.15, -0.1) is 0 Å². The van der Waals surface area contributed by atoms with E-state index in [-0.39, 0.29) is 5.28 Å². The number of halogens is 1. The van der Waals surface area contributed by atoms with Crippen LogP contribution in [0.4, 0.5) is 17.2 Å². The first-order valence-electron chi connectivity index (χ1n) is 6.59. The molecule has 1 heterocycles. The molecule has 0 amide bonds. The molecule has 0 radical (unpaired) electrons. The van der Waals surface area contributed by atoms with Crippen molar-refractivity contribution in [1.29, 1.82) is 0 Å². The zero-order valence-electron chi connectivity index (χ0n) is 11.5. The van der Waals surface area contributed by atoms with Gasteiger partial charge in [-0.25, -0.2) is 4.98 Å². The molecule has 0 spiro atoms. The van der Waals surface area contributed by atoms with Crippen LogP contribution in [0, 0.1) is 0 Å². The van der Waals surface area contributed by atoms with Gasteiger partial charge in [0, 0.05) is 5.69 Å². The lowest BCUT2D eigenvalue weighted by Crippen LogP contribution is -2.00. The fourth-order valence-electron chi connectivity index (χ4n) is 1.84. The number of hydrogen-bond donors (Lipinski definition) is 2. The molecule has 1 aromatic heterocycles. The van der Waals surface area contributed by atoms with E-state index in [0.717, 1.165) is 17.2 Å². The van der Waals surface area contributed by atoms with E-state index in [0.29, 0.717) is 11.5 Å². The van der Waals surface area contributed by atoms with Gasteiger partial charge in [0.25, 0.3) is 0 Å². The van der Waals surface area contributed by atoms with Crippen molar-refractivity contribution in [2.24, 2.45) is 0 Å². The van der Waals surface area contributed by atoms with E-state index < -0.39 is 0 Å². The maximum absolute atomic E-state index is 5.80. The maximum atomic E-state index is 5.80. The smallest absolute Gasteiger partial charge is 0.224 e. The van der Waals surface area contributed by atoms with E-state index in [1.54, 1.807) is 0 Å².